The maximum absolute atomic E-state index is 10.0. The van der Waals surface area contributed by atoms with Gasteiger partial charge in [-0.15, -0.1) is 0 Å². The Labute approximate surface area is 131 Å². The molecule has 1 aliphatic carbocycles. The van der Waals surface area contributed by atoms with Gasteiger partial charge in [0, 0.05) is 25.1 Å². The summed E-state index contributed by atoms with van der Waals surface area (Å²) < 4.78 is 0. The van der Waals surface area contributed by atoms with Crippen LogP contribution in [0.4, 0.5) is 11.6 Å². The number of hydrogen-bond donors (Lipinski definition) is 3. The molecule has 1 aromatic heterocycles. The normalized spacial score (nSPS) is 28.8. The summed E-state index contributed by atoms with van der Waals surface area (Å²) in [6.45, 7) is 1.85. The summed E-state index contributed by atoms with van der Waals surface area (Å²) >= 11 is 0. The summed E-state index contributed by atoms with van der Waals surface area (Å²) in [7, 11) is 0. The van der Waals surface area contributed by atoms with Crippen LogP contribution in [0.2, 0.25) is 0 Å². The lowest BCUT2D eigenvalue weighted by molar-refractivity contribution is 0.0763. The zero-order chi connectivity index (χ0) is 15.4. The highest BCUT2D eigenvalue weighted by molar-refractivity contribution is 5.49. The van der Waals surface area contributed by atoms with Crippen molar-refractivity contribution in [2.45, 2.75) is 50.7 Å². The lowest BCUT2D eigenvalue weighted by Crippen LogP contribution is -2.33. The second-order valence-corrected chi connectivity index (χ2v) is 6.43. The van der Waals surface area contributed by atoms with Gasteiger partial charge in [-0.3, -0.25) is 0 Å². The van der Waals surface area contributed by atoms with Crippen LogP contribution in [0, 0.1) is 5.92 Å². The average Bonchev–Trinajstić information content (AvgIpc) is 3.03. The topological polar surface area (TPSA) is 81.5 Å². The van der Waals surface area contributed by atoms with E-state index in [1.807, 2.05) is 6.07 Å². The fraction of sp³-hybridized carbons (Fsp3) is 0.750. The number of anilines is 2. The molecule has 3 unspecified atom stereocenters. The van der Waals surface area contributed by atoms with E-state index in [1.165, 1.54) is 6.42 Å². The minimum atomic E-state index is -0.195. The Bertz CT molecular complexity index is 485. The number of nitrogens with zero attached hydrogens (tertiary/aromatic N) is 3. The van der Waals surface area contributed by atoms with Crippen LogP contribution in [-0.4, -0.2) is 52.0 Å². The van der Waals surface area contributed by atoms with Crippen LogP contribution in [0.15, 0.2) is 12.4 Å². The number of rotatable bonds is 5. The lowest BCUT2D eigenvalue weighted by Gasteiger charge is -2.28. The molecule has 6 nitrogen and oxygen atoms in total. The molecule has 1 aliphatic heterocycles. The summed E-state index contributed by atoms with van der Waals surface area (Å²) in [6.07, 6.45) is 7.79. The number of aliphatic hydroxyl groups is 2. The third-order valence-corrected chi connectivity index (χ3v) is 4.95. The molecule has 122 valence electrons. The molecule has 2 aliphatic rings. The standard InChI is InChI=1S/C16H26N4O2/c21-10-13-5-3-7-20(13)16-8-15(18-11-19-16)17-9-12-4-1-2-6-14(12)22/h8,11-14,21-22H,1-7,9-10H2,(H,17,18,19). The highest BCUT2D eigenvalue weighted by atomic mass is 16.3. The molecule has 22 heavy (non-hydrogen) atoms. The molecule has 1 saturated heterocycles. The van der Waals surface area contributed by atoms with Gasteiger partial charge in [0.25, 0.3) is 0 Å². The van der Waals surface area contributed by atoms with Gasteiger partial charge in [0.15, 0.2) is 0 Å². The van der Waals surface area contributed by atoms with Crippen molar-refractivity contribution in [3.05, 3.63) is 12.4 Å². The summed E-state index contributed by atoms with van der Waals surface area (Å²) in [5, 5.41) is 22.8. The van der Waals surface area contributed by atoms with Crippen LogP contribution in [-0.2, 0) is 0 Å². The molecule has 0 spiro atoms. The Balaban J connectivity index is 1.61. The predicted molar refractivity (Wildman–Crippen MR) is 85.9 cm³/mol. The van der Waals surface area contributed by atoms with Gasteiger partial charge in [-0.1, -0.05) is 12.8 Å². The molecular weight excluding hydrogens is 280 g/mol. The quantitative estimate of drug-likeness (QED) is 0.763. The molecule has 1 aromatic rings. The van der Waals surface area contributed by atoms with E-state index in [0.717, 1.165) is 56.8 Å². The number of nitrogens with one attached hydrogen (secondary N) is 1. The summed E-state index contributed by atoms with van der Waals surface area (Å²) in [6, 6.07) is 2.12. The van der Waals surface area contributed by atoms with Crippen LogP contribution < -0.4 is 10.2 Å². The van der Waals surface area contributed by atoms with Crippen LogP contribution in [0.5, 0.6) is 0 Å². The first-order valence-corrected chi connectivity index (χ1v) is 8.39. The molecule has 1 saturated carbocycles. The number of hydrogen-bond acceptors (Lipinski definition) is 6. The van der Waals surface area contributed by atoms with Gasteiger partial charge < -0.3 is 20.4 Å². The van der Waals surface area contributed by atoms with Gasteiger partial charge in [-0.2, -0.15) is 0 Å². The van der Waals surface area contributed by atoms with E-state index in [0.29, 0.717) is 5.92 Å². The zero-order valence-electron chi connectivity index (χ0n) is 13.0. The second kappa shape index (κ2) is 7.24. The van der Waals surface area contributed by atoms with Gasteiger partial charge in [0.05, 0.1) is 18.8 Å². The van der Waals surface area contributed by atoms with Crippen molar-refractivity contribution >= 4 is 11.6 Å². The van der Waals surface area contributed by atoms with Crippen LogP contribution >= 0.6 is 0 Å². The second-order valence-electron chi connectivity index (χ2n) is 6.43. The Kier molecular flexibility index (Phi) is 5.10. The van der Waals surface area contributed by atoms with E-state index in [9.17, 15) is 10.2 Å². The lowest BCUT2D eigenvalue weighted by atomic mass is 9.86. The van der Waals surface area contributed by atoms with Gasteiger partial charge in [-0.05, 0) is 25.7 Å². The Morgan fingerprint density at radius 3 is 2.86 bits per heavy atom. The smallest absolute Gasteiger partial charge is 0.134 e. The van der Waals surface area contributed by atoms with Crippen molar-refractivity contribution in [3.8, 4) is 0 Å². The van der Waals surface area contributed by atoms with Crippen molar-refractivity contribution in [2.75, 3.05) is 29.9 Å². The Morgan fingerprint density at radius 2 is 2.05 bits per heavy atom. The fourth-order valence-electron chi connectivity index (χ4n) is 3.59. The molecule has 0 amide bonds. The molecule has 3 N–H and O–H groups in total. The molecule has 6 heteroatoms. The highest BCUT2D eigenvalue weighted by Crippen LogP contribution is 2.26. The van der Waals surface area contributed by atoms with Gasteiger partial charge in [0.2, 0.25) is 0 Å². The fourth-order valence-corrected chi connectivity index (χ4v) is 3.59. The molecule has 2 heterocycles. The average molecular weight is 306 g/mol. The molecule has 2 fully saturated rings. The van der Waals surface area contributed by atoms with Gasteiger partial charge >= 0.3 is 0 Å². The summed E-state index contributed by atoms with van der Waals surface area (Å²) in [5.74, 6) is 1.98. The van der Waals surface area contributed by atoms with Crippen LogP contribution in [0.25, 0.3) is 0 Å². The van der Waals surface area contributed by atoms with E-state index in [-0.39, 0.29) is 18.8 Å². The highest BCUT2D eigenvalue weighted by Gasteiger charge is 2.26. The monoisotopic (exact) mass is 306 g/mol. The van der Waals surface area contributed by atoms with Crippen molar-refractivity contribution in [1.82, 2.24) is 9.97 Å². The predicted octanol–water partition coefficient (Wildman–Crippen LogP) is 1.40. The summed E-state index contributed by atoms with van der Waals surface area (Å²) in [5.41, 5.74) is 0. The van der Waals surface area contributed by atoms with Gasteiger partial charge in [-0.25, -0.2) is 9.97 Å². The maximum atomic E-state index is 10.0. The first-order valence-electron chi connectivity index (χ1n) is 8.39. The van der Waals surface area contributed by atoms with E-state index in [2.05, 4.69) is 20.2 Å². The zero-order valence-corrected chi connectivity index (χ0v) is 13.0. The van der Waals surface area contributed by atoms with E-state index >= 15 is 0 Å². The largest absolute Gasteiger partial charge is 0.394 e. The molecule has 0 bridgehead atoms. The molecule has 3 rings (SSSR count). The first kappa shape index (κ1) is 15.5. The molecule has 3 atom stereocenters. The van der Waals surface area contributed by atoms with E-state index in [4.69, 9.17) is 0 Å². The van der Waals surface area contributed by atoms with Crippen molar-refractivity contribution in [3.63, 3.8) is 0 Å². The molecular formula is C16H26N4O2. The van der Waals surface area contributed by atoms with Crippen LogP contribution in [0.3, 0.4) is 0 Å². The Hall–Kier alpha value is -1.40. The molecule has 0 aromatic carbocycles. The van der Waals surface area contributed by atoms with E-state index in [1.54, 1.807) is 6.33 Å². The first-order chi connectivity index (χ1) is 10.8. The van der Waals surface area contributed by atoms with Gasteiger partial charge in [0.1, 0.15) is 18.0 Å². The van der Waals surface area contributed by atoms with Crippen molar-refractivity contribution in [2.24, 2.45) is 5.92 Å². The summed E-state index contributed by atoms with van der Waals surface area (Å²) in [4.78, 5) is 10.8. The third-order valence-electron chi connectivity index (χ3n) is 4.95. The van der Waals surface area contributed by atoms with Crippen molar-refractivity contribution < 1.29 is 10.2 Å². The van der Waals surface area contributed by atoms with Crippen molar-refractivity contribution in [1.29, 1.82) is 0 Å². The molecule has 0 radical (unpaired) electrons. The third kappa shape index (κ3) is 3.50. The SMILES string of the molecule is OCC1CCCN1c1cc(NCC2CCCCC2O)ncn1. The minimum absolute atomic E-state index is 0.168. The number of aromatic nitrogens is 2. The van der Waals surface area contributed by atoms with E-state index < -0.39 is 0 Å². The van der Waals surface area contributed by atoms with Crippen LogP contribution in [0.1, 0.15) is 38.5 Å². The maximum Gasteiger partial charge on any atom is 0.134 e. The Morgan fingerprint density at radius 1 is 1.18 bits per heavy atom. The number of aliphatic hydroxyl groups excluding tert-OH is 2. The minimum Gasteiger partial charge on any atom is -0.394 e.